The number of carbonyl (C=O) groups is 1. The van der Waals surface area contributed by atoms with E-state index in [9.17, 15) is 4.79 Å². The van der Waals surface area contributed by atoms with Crippen LogP contribution in [0.5, 0.6) is 0 Å². The Morgan fingerprint density at radius 1 is 1.30 bits per heavy atom. The molecule has 0 atom stereocenters. The number of anilines is 1. The van der Waals surface area contributed by atoms with Crippen LogP contribution in [-0.4, -0.2) is 29.0 Å². The maximum Gasteiger partial charge on any atom is 0.325 e. The van der Waals surface area contributed by atoms with Gasteiger partial charge in [0.15, 0.2) is 5.69 Å². The number of hydrogen-bond acceptors (Lipinski definition) is 1. The molecule has 1 fully saturated rings. The largest absolute Gasteiger partial charge is 0.325 e. The van der Waals surface area contributed by atoms with Gasteiger partial charge in [-0.05, 0) is 24.3 Å². The van der Waals surface area contributed by atoms with E-state index in [0.29, 0.717) is 18.1 Å². The fraction of sp³-hybridized carbons (Fsp3) is 0.286. The molecule has 1 aromatic carbocycles. The average molecular weight is 292 g/mol. The lowest BCUT2D eigenvalue weighted by Crippen LogP contribution is -2.32. The number of H-pyrrole nitrogens is 2. The maximum atomic E-state index is 12.4. The zero-order valence-electron chi connectivity index (χ0n) is 11.2. The number of aryl methyl sites for hydroxylation is 1. The Bertz CT molecular complexity index is 622. The molecule has 1 saturated heterocycles. The van der Waals surface area contributed by atoms with E-state index in [4.69, 9.17) is 11.6 Å². The number of halogens is 1. The number of hydrogen-bond donors (Lipinski definition) is 1. The molecule has 6 heteroatoms. The number of rotatable bonds is 3. The monoisotopic (exact) mass is 291 g/mol. The number of imidazole rings is 1. The zero-order valence-corrected chi connectivity index (χ0v) is 11.9. The molecule has 104 valence electrons. The molecule has 0 saturated carbocycles. The summed E-state index contributed by atoms with van der Waals surface area (Å²) in [5.41, 5.74) is 2.98. The predicted octanol–water partition coefficient (Wildman–Crippen LogP) is 2.23. The fourth-order valence-corrected chi connectivity index (χ4v) is 2.50. The van der Waals surface area contributed by atoms with Crippen LogP contribution in [0.4, 0.5) is 10.5 Å². The van der Waals surface area contributed by atoms with E-state index in [-0.39, 0.29) is 6.03 Å². The normalized spacial score (nSPS) is 15.2. The molecule has 1 aliphatic heterocycles. The lowest BCUT2D eigenvalue weighted by atomic mass is 10.3. The first-order valence-corrected chi connectivity index (χ1v) is 6.89. The fourth-order valence-electron chi connectivity index (χ4n) is 2.37. The van der Waals surface area contributed by atoms with Crippen molar-refractivity contribution in [1.29, 1.82) is 0 Å². The molecular weight excluding hydrogens is 276 g/mol. The minimum Gasteiger partial charge on any atom is -0.314 e. The number of amides is 2. The summed E-state index contributed by atoms with van der Waals surface area (Å²) in [5, 5.41) is 0.676. The second-order valence-corrected chi connectivity index (χ2v) is 5.31. The van der Waals surface area contributed by atoms with Crippen molar-refractivity contribution in [3.05, 3.63) is 47.0 Å². The van der Waals surface area contributed by atoms with Crippen molar-refractivity contribution in [1.82, 2.24) is 9.88 Å². The van der Waals surface area contributed by atoms with Gasteiger partial charge in [0.1, 0.15) is 5.69 Å². The first kappa shape index (κ1) is 13.0. The van der Waals surface area contributed by atoms with Crippen molar-refractivity contribution < 1.29 is 9.78 Å². The number of aromatic nitrogens is 2. The van der Waals surface area contributed by atoms with Crippen LogP contribution in [0.15, 0.2) is 30.6 Å². The van der Waals surface area contributed by atoms with Gasteiger partial charge < -0.3 is 4.90 Å². The van der Waals surface area contributed by atoms with Crippen LogP contribution in [0.3, 0.4) is 0 Å². The van der Waals surface area contributed by atoms with Crippen LogP contribution in [0.25, 0.3) is 0 Å². The Balaban J connectivity index is 1.74. The Morgan fingerprint density at radius 3 is 2.70 bits per heavy atom. The van der Waals surface area contributed by atoms with Gasteiger partial charge in [-0.3, -0.25) is 4.90 Å². The van der Waals surface area contributed by atoms with E-state index < -0.39 is 0 Å². The van der Waals surface area contributed by atoms with E-state index in [1.165, 1.54) is 0 Å². The average Bonchev–Trinajstić information content (AvgIpc) is 3.00. The molecule has 2 heterocycles. The Hall–Kier alpha value is -2.01. The lowest BCUT2D eigenvalue weighted by Gasteiger charge is -2.17. The number of nitrogens with one attached hydrogen (secondary N) is 2. The number of benzene rings is 1. The summed E-state index contributed by atoms with van der Waals surface area (Å²) in [4.78, 5) is 22.2. The molecule has 1 aliphatic rings. The van der Waals surface area contributed by atoms with E-state index in [2.05, 4.69) is 9.97 Å². The van der Waals surface area contributed by atoms with Gasteiger partial charge in [0.2, 0.25) is 6.33 Å². The third-order valence-corrected chi connectivity index (χ3v) is 3.82. The highest BCUT2D eigenvalue weighted by Crippen LogP contribution is 2.23. The van der Waals surface area contributed by atoms with Crippen LogP contribution in [0.1, 0.15) is 11.4 Å². The van der Waals surface area contributed by atoms with E-state index >= 15 is 0 Å². The highest BCUT2D eigenvalue weighted by atomic mass is 35.5. The molecule has 0 aliphatic carbocycles. The van der Waals surface area contributed by atoms with Gasteiger partial charge in [0, 0.05) is 30.7 Å². The molecule has 2 N–H and O–H groups in total. The van der Waals surface area contributed by atoms with E-state index in [1.807, 2.05) is 24.0 Å². The quantitative estimate of drug-likeness (QED) is 0.926. The lowest BCUT2D eigenvalue weighted by molar-refractivity contribution is -0.389. The topological polar surface area (TPSA) is 53.5 Å². The van der Waals surface area contributed by atoms with Crippen LogP contribution >= 0.6 is 11.6 Å². The predicted molar refractivity (Wildman–Crippen MR) is 76.7 cm³/mol. The summed E-state index contributed by atoms with van der Waals surface area (Å²) in [6, 6.07) is 7.38. The molecule has 0 unspecified atom stereocenters. The maximum absolute atomic E-state index is 12.4. The number of carbonyl (C=O) groups excluding carboxylic acids is 1. The first-order chi connectivity index (χ1) is 9.65. The molecule has 0 spiro atoms. The van der Waals surface area contributed by atoms with Crippen molar-refractivity contribution in [2.45, 2.75) is 13.5 Å². The minimum absolute atomic E-state index is 0.0290. The molecule has 0 radical (unpaired) electrons. The third-order valence-electron chi connectivity index (χ3n) is 3.57. The Kier molecular flexibility index (Phi) is 3.36. The van der Waals surface area contributed by atoms with E-state index in [1.54, 1.807) is 23.4 Å². The SMILES string of the molecule is Cc1[nH]c[nH+]c1CN1CCN(c2ccc(Cl)cc2)C1=O. The van der Waals surface area contributed by atoms with Gasteiger partial charge in [-0.15, -0.1) is 0 Å². The summed E-state index contributed by atoms with van der Waals surface area (Å²) < 4.78 is 0. The van der Waals surface area contributed by atoms with Crippen LogP contribution < -0.4 is 9.88 Å². The van der Waals surface area contributed by atoms with Gasteiger partial charge in [0.25, 0.3) is 0 Å². The van der Waals surface area contributed by atoms with Gasteiger partial charge in [-0.1, -0.05) is 11.6 Å². The van der Waals surface area contributed by atoms with Crippen molar-refractivity contribution in [2.24, 2.45) is 0 Å². The van der Waals surface area contributed by atoms with Crippen LogP contribution in [0.2, 0.25) is 5.02 Å². The number of nitrogens with zero attached hydrogens (tertiary/aromatic N) is 2. The summed E-state index contributed by atoms with van der Waals surface area (Å²) in [6.45, 7) is 4.01. The Labute approximate surface area is 122 Å². The second-order valence-electron chi connectivity index (χ2n) is 4.87. The van der Waals surface area contributed by atoms with Gasteiger partial charge in [-0.25, -0.2) is 14.8 Å². The van der Waals surface area contributed by atoms with E-state index in [0.717, 1.165) is 23.6 Å². The standard InChI is InChI=1S/C14H15ClN4O/c1-10-13(17-9-16-10)8-18-6-7-19(14(18)20)12-4-2-11(15)3-5-12/h2-5,9H,6-8H2,1H3,(H,16,17)/p+1. The van der Waals surface area contributed by atoms with Gasteiger partial charge in [0.05, 0.1) is 6.54 Å². The summed E-state index contributed by atoms with van der Waals surface area (Å²) in [7, 11) is 0. The summed E-state index contributed by atoms with van der Waals surface area (Å²) >= 11 is 5.87. The first-order valence-electron chi connectivity index (χ1n) is 6.51. The third kappa shape index (κ3) is 2.36. The minimum atomic E-state index is 0.0290. The van der Waals surface area contributed by atoms with Crippen LogP contribution in [-0.2, 0) is 6.54 Å². The number of aromatic amines is 2. The van der Waals surface area contributed by atoms with Gasteiger partial charge >= 0.3 is 6.03 Å². The summed E-state index contributed by atoms with van der Waals surface area (Å²) in [6.07, 6.45) is 1.78. The van der Waals surface area contributed by atoms with Gasteiger partial charge in [-0.2, -0.15) is 0 Å². The zero-order chi connectivity index (χ0) is 14.1. The Morgan fingerprint density at radius 2 is 2.05 bits per heavy atom. The molecule has 20 heavy (non-hydrogen) atoms. The number of urea groups is 1. The molecule has 1 aromatic heterocycles. The van der Waals surface area contributed by atoms with Crippen LogP contribution in [0, 0.1) is 6.92 Å². The van der Waals surface area contributed by atoms with Crippen molar-refractivity contribution >= 4 is 23.3 Å². The molecule has 2 amide bonds. The highest BCUT2D eigenvalue weighted by Gasteiger charge is 2.30. The molecular formula is C14H16ClN4O+. The van der Waals surface area contributed by atoms with Crippen molar-refractivity contribution in [2.75, 3.05) is 18.0 Å². The smallest absolute Gasteiger partial charge is 0.314 e. The second kappa shape index (κ2) is 5.17. The molecule has 2 aromatic rings. The summed E-state index contributed by atoms with van der Waals surface area (Å²) in [5.74, 6) is 0. The highest BCUT2D eigenvalue weighted by molar-refractivity contribution is 6.30. The van der Waals surface area contributed by atoms with Crippen molar-refractivity contribution in [3.63, 3.8) is 0 Å². The molecule has 0 bridgehead atoms. The van der Waals surface area contributed by atoms with Crippen molar-refractivity contribution in [3.8, 4) is 0 Å². The molecule has 5 nitrogen and oxygen atoms in total. The molecule has 3 rings (SSSR count).